The first-order valence-corrected chi connectivity index (χ1v) is 5.58. The van der Waals surface area contributed by atoms with Crippen molar-refractivity contribution in [3.05, 3.63) is 28.3 Å². The van der Waals surface area contributed by atoms with E-state index in [0.29, 0.717) is 0 Å². The van der Waals surface area contributed by atoms with Crippen LogP contribution in [0.15, 0.2) is 18.2 Å². The molecule has 0 saturated carbocycles. The van der Waals surface area contributed by atoms with Crippen molar-refractivity contribution in [2.24, 2.45) is 0 Å². The number of amides is 1. The number of hydrogen-bond donors (Lipinski definition) is 2. The Hall–Kier alpha value is -2.15. The molecule has 1 rings (SSSR count). The molecule has 7 nitrogen and oxygen atoms in total. The summed E-state index contributed by atoms with van der Waals surface area (Å²) in [6, 6.07) is 3.81. The smallest absolute Gasteiger partial charge is 0.296 e. The Bertz CT molecular complexity index is 499. The van der Waals surface area contributed by atoms with Crippen molar-refractivity contribution in [3.8, 4) is 5.75 Å². The standard InChI is InChI=1S/C12H16N2O5/c1-12(2,19-3)7-10(16)13-11-8(14(17)18)5-4-6-9(11)15/h4-6,15H,7H2,1-3H3,(H,13,16). The van der Waals surface area contributed by atoms with Crippen molar-refractivity contribution in [1.29, 1.82) is 0 Å². The number of aromatic hydroxyl groups is 1. The van der Waals surface area contributed by atoms with E-state index in [1.165, 1.54) is 25.3 Å². The predicted octanol–water partition coefficient (Wildman–Crippen LogP) is 2.05. The van der Waals surface area contributed by atoms with E-state index in [-0.39, 0.29) is 23.5 Å². The van der Waals surface area contributed by atoms with Gasteiger partial charge >= 0.3 is 0 Å². The molecule has 7 heteroatoms. The minimum Gasteiger partial charge on any atom is -0.505 e. The maximum absolute atomic E-state index is 11.8. The number of nitrogens with one attached hydrogen (secondary N) is 1. The van der Waals surface area contributed by atoms with Crippen LogP contribution in [-0.4, -0.2) is 28.6 Å². The average molecular weight is 268 g/mol. The molecule has 1 aromatic rings. The van der Waals surface area contributed by atoms with E-state index in [0.717, 1.165) is 0 Å². The van der Waals surface area contributed by atoms with Crippen molar-refractivity contribution < 1.29 is 19.6 Å². The van der Waals surface area contributed by atoms with Crippen LogP contribution in [0.5, 0.6) is 5.75 Å². The van der Waals surface area contributed by atoms with E-state index in [1.54, 1.807) is 13.8 Å². The molecule has 0 aromatic heterocycles. The highest BCUT2D eigenvalue weighted by Gasteiger charge is 2.24. The Balaban J connectivity index is 2.94. The second-order valence-corrected chi connectivity index (χ2v) is 4.62. The van der Waals surface area contributed by atoms with Gasteiger partial charge < -0.3 is 15.2 Å². The summed E-state index contributed by atoms with van der Waals surface area (Å²) in [7, 11) is 1.47. The van der Waals surface area contributed by atoms with Crippen LogP contribution in [0.3, 0.4) is 0 Å². The van der Waals surface area contributed by atoms with Gasteiger partial charge in [0.15, 0.2) is 5.69 Å². The van der Waals surface area contributed by atoms with Crippen LogP contribution in [0.25, 0.3) is 0 Å². The molecule has 2 N–H and O–H groups in total. The highest BCUT2D eigenvalue weighted by Crippen LogP contribution is 2.33. The summed E-state index contributed by atoms with van der Waals surface area (Å²) in [5.41, 5.74) is -1.25. The monoisotopic (exact) mass is 268 g/mol. The fourth-order valence-corrected chi connectivity index (χ4v) is 1.45. The predicted molar refractivity (Wildman–Crippen MR) is 69.1 cm³/mol. The summed E-state index contributed by atoms with van der Waals surface area (Å²) >= 11 is 0. The van der Waals surface area contributed by atoms with Crippen molar-refractivity contribution in [3.63, 3.8) is 0 Å². The minimum atomic E-state index is -0.691. The minimum absolute atomic E-state index is 0.00892. The molecule has 0 fully saturated rings. The molecule has 0 radical (unpaired) electrons. The van der Waals surface area contributed by atoms with Gasteiger partial charge in [0.2, 0.25) is 5.91 Å². The lowest BCUT2D eigenvalue weighted by Gasteiger charge is -2.21. The maximum atomic E-state index is 11.8. The van der Waals surface area contributed by atoms with Crippen LogP contribution in [0.1, 0.15) is 20.3 Å². The van der Waals surface area contributed by atoms with Crippen LogP contribution >= 0.6 is 0 Å². The number of methoxy groups -OCH3 is 1. The van der Waals surface area contributed by atoms with Gasteiger partial charge in [-0.3, -0.25) is 14.9 Å². The normalized spacial score (nSPS) is 11.1. The first-order valence-electron chi connectivity index (χ1n) is 5.58. The summed E-state index contributed by atoms with van der Waals surface area (Å²) < 4.78 is 5.10. The van der Waals surface area contributed by atoms with E-state index in [4.69, 9.17) is 4.74 Å². The third-order valence-electron chi connectivity index (χ3n) is 2.62. The van der Waals surface area contributed by atoms with E-state index >= 15 is 0 Å². The number of ether oxygens (including phenoxy) is 1. The Morgan fingerprint density at radius 3 is 2.68 bits per heavy atom. The third kappa shape index (κ3) is 3.92. The molecule has 0 aliphatic carbocycles. The topological polar surface area (TPSA) is 102 Å². The lowest BCUT2D eigenvalue weighted by molar-refractivity contribution is -0.384. The molecule has 0 atom stereocenters. The summed E-state index contributed by atoms with van der Waals surface area (Å²) in [6.45, 7) is 3.43. The Labute approximate surface area is 110 Å². The number of anilines is 1. The van der Waals surface area contributed by atoms with Gasteiger partial charge in [0.25, 0.3) is 5.69 Å². The molecule has 0 saturated heterocycles. The van der Waals surface area contributed by atoms with Crippen LogP contribution in [0.2, 0.25) is 0 Å². The van der Waals surface area contributed by atoms with Gasteiger partial charge in [-0.05, 0) is 19.9 Å². The van der Waals surface area contributed by atoms with Crippen molar-refractivity contribution in [1.82, 2.24) is 0 Å². The van der Waals surface area contributed by atoms with E-state index in [1.807, 2.05) is 0 Å². The molecular weight excluding hydrogens is 252 g/mol. The molecule has 0 bridgehead atoms. The van der Waals surface area contributed by atoms with Crippen molar-refractivity contribution >= 4 is 17.3 Å². The van der Waals surface area contributed by atoms with Gasteiger partial charge in [0.05, 0.1) is 16.9 Å². The first-order chi connectivity index (χ1) is 8.76. The number of nitrogens with zero attached hydrogens (tertiary/aromatic N) is 1. The Morgan fingerprint density at radius 2 is 2.16 bits per heavy atom. The number of nitro benzene ring substituents is 1. The maximum Gasteiger partial charge on any atom is 0.296 e. The molecule has 104 valence electrons. The molecule has 0 heterocycles. The van der Waals surface area contributed by atoms with E-state index in [2.05, 4.69) is 5.32 Å². The Morgan fingerprint density at radius 1 is 1.53 bits per heavy atom. The number of carbonyl (C=O) groups is 1. The van der Waals surface area contributed by atoms with Crippen LogP contribution < -0.4 is 5.32 Å². The largest absolute Gasteiger partial charge is 0.505 e. The number of para-hydroxylation sites is 1. The fourth-order valence-electron chi connectivity index (χ4n) is 1.45. The van der Waals surface area contributed by atoms with Crippen LogP contribution in [0.4, 0.5) is 11.4 Å². The Kier molecular flexibility index (Phi) is 4.44. The highest BCUT2D eigenvalue weighted by molar-refractivity contribution is 5.95. The van der Waals surface area contributed by atoms with Crippen molar-refractivity contribution in [2.45, 2.75) is 25.9 Å². The summed E-state index contributed by atoms with van der Waals surface area (Å²) in [5.74, 6) is -0.825. The van der Waals surface area contributed by atoms with Gasteiger partial charge in [-0.25, -0.2) is 0 Å². The molecular formula is C12H16N2O5. The number of phenols is 1. The molecule has 0 spiro atoms. The zero-order chi connectivity index (χ0) is 14.6. The van der Waals surface area contributed by atoms with Crippen LogP contribution in [0, 0.1) is 10.1 Å². The van der Waals surface area contributed by atoms with Gasteiger partial charge in [0, 0.05) is 13.2 Å². The molecule has 0 aliphatic rings. The van der Waals surface area contributed by atoms with Crippen molar-refractivity contribution in [2.75, 3.05) is 12.4 Å². The molecule has 1 aromatic carbocycles. The zero-order valence-corrected chi connectivity index (χ0v) is 11.0. The van der Waals surface area contributed by atoms with Gasteiger partial charge in [-0.2, -0.15) is 0 Å². The number of nitro groups is 1. The summed E-state index contributed by atoms with van der Waals surface area (Å²) in [6.07, 6.45) is 0.00892. The first kappa shape index (κ1) is 14.9. The SMILES string of the molecule is COC(C)(C)CC(=O)Nc1c(O)cccc1[N+](=O)[O-]. The summed E-state index contributed by atoms with van der Waals surface area (Å²) in [4.78, 5) is 21.9. The highest BCUT2D eigenvalue weighted by atomic mass is 16.6. The van der Waals surface area contributed by atoms with Gasteiger partial charge in [0.1, 0.15) is 5.75 Å². The third-order valence-corrected chi connectivity index (χ3v) is 2.62. The van der Waals surface area contributed by atoms with E-state index in [9.17, 15) is 20.0 Å². The molecule has 1 amide bonds. The van der Waals surface area contributed by atoms with Crippen LogP contribution in [-0.2, 0) is 9.53 Å². The van der Waals surface area contributed by atoms with E-state index < -0.39 is 16.4 Å². The number of carbonyl (C=O) groups excluding carboxylic acids is 1. The number of phenolic OH excluding ortho intramolecular Hbond substituents is 1. The second-order valence-electron chi connectivity index (χ2n) is 4.62. The lowest BCUT2D eigenvalue weighted by Crippen LogP contribution is -2.29. The second kappa shape index (κ2) is 5.66. The zero-order valence-electron chi connectivity index (χ0n) is 11.0. The molecule has 19 heavy (non-hydrogen) atoms. The number of benzene rings is 1. The number of rotatable bonds is 5. The molecule has 0 aliphatic heterocycles. The van der Waals surface area contributed by atoms with Gasteiger partial charge in [-0.1, -0.05) is 6.07 Å². The average Bonchev–Trinajstić information content (AvgIpc) is 2.30. The molecule has 0 unspecified atom stereocenters. The fraction of sp³-hybridized carbons (Fsp3) is 0.417. The number of hydrogen-bond acceptors (Lipinski definition) is 5. The van der Waals surface area contributed by atoms with Gasteiger partial charge in [-0.15, -0.1) is 0 Å². The summed E-state index contributed by atoms with van der Waals surface area (Å²) in [5, 5.41) is 22.7. The quantitative estimate of drug-likeness (QED) is 0.483. The lowest BCUT2D eigenvalue weighted by atomic mass is 10.0.